The molecule has 0 aliphatic carbocycles. The molecule has 2 heteroatoms. The van der Waals surface area contributed by atoms with Crippen molar-refractivity contribution in [1.29, 1.82) is 0 Å². The van der Waals surface area contributed by atoms with Crippen molar-refractivity contribution in [1.82, 2.24) is 0 Å². The Balaban J connectivity index is 2.47. The van der Waals surface area contributed by atoms with E-state index in [-0.39, 0.29) is 0 Å². The molecule has 14 heavy (non-hydrogen) atoms. The van der Waals surface area contributed by atoms with E-state index in [4.69, 9.17) is 16.3 Å². The first-order valence-corrected chi connectivity index (χ1v) is 6.21. The van der Waals surface area contributed by atoms with Crippen LogP contribution in [0.1, 0.15) is 40.5 Å². The Kier molecular flexibility index (Phi) is 4.72. The zero-order valence-electron chi connectivity index (χ0n) is 9.79. The van der Waals surface area contributed by atoms with Crippen molar-refractivity contribution in [2.24, 2.45) is 17.8 Å². The summed E-state index contributed by atoms with van der Waals surface area (Å²) in [6.45, 7) is 9.76. The first kappa shape index (κ1) is 12.3. The summed E-state index contributed by atoms with van der Waals surface area (Å²) < 4.78 is 5.74. The third-order valence-corrected chi connectivity index (χ3v) is 4.05. The summed E-state index contributed by atoms with van der Waals surface area (Å²) in [7, 11) is 0. The Morgan fingerprint density at radius 2 is 1.86 bits per heavy atom. The highest BCUT2D eigenvalue weighted by molar-refractivity contribution is 6.20. The monoisotopic (exact) mass is 218 g/mol. The van der Waals surface area contributed by atoms with E-state index >= 15 is 0 Å². The van der Waals surface area contributed by atoms with Gasteiger partial charge in [0, 0.05) is 12.0 Å². The van der Waals surface area contributed by atoms with E-state index < -0.39 is 0 Å². The maximum atomic E-state index is 6.41. The second kappa shape index (κ2) is 5.37. The normalized spacial score (nSPS) is 31.1. The molecular formula is C12H23ClO. The molecule has 0 spiro atoms. The molecule has 0 aromatic carbocycles. The first-order valence-electron chi connectivity index (χ1n) is 5.78. The largest absolute Gasteiger partial charge is 0.378 e. The van der Waals surface area contributed by atoms with Gasteiger partial charge in [0.2, 0.25) is 0 Å². The van der Waals surface area contributed by atoms with Crippen molar-refractivity contribution in [3.05, 3.63) is 0 Å². The van der Waals surface area contributed by atoms with E-state index in [1.54, 1.807) is 0 Å². The second-order valence-corrected chi connectivity index (χ2v) is 5.63. The minimum Gasteiger partial charge on any atom is -0.378 e. The zero-order chi connectivity index (χ0) is 10.7. The lowest BCUT2D eigenvalue weighted by atomic mass is 9.84. The van der Waals surface area contributed by atoms with Gasteiger partial charge in [-0.3, -0.25) is 0 Å². The molecular weight excluding hydrogens is 196 g/mol. The number of rotatable bonds is 3. The van der Waals surface area contributed by atoms with Gasteiger partial charge in [-0.25, -0.2) is 0 Å². The van der Waals surface area contributed by atoms with Crippen molar-refractivity contribution < 1.29 is 4.74 Å². The predicted octanol–water partition coefficient (Wildman–Crippen LogP) is 3.70. The molecule has 1 rings (SSSR count). The summed E-state index contributed by atoms with van der Waals surface area (Å²) >= 11 is 6.41. The standard InChI is InChI=1S/C12H23ClO/c1-8(2)11-7-10(5-6-14-11)12(13)9(3)4/h8-12H,5-7H2,1-4H3. The van der Waals surface area contributed by atoms with Gasteiger partial charge in [-0.2, -0.15) is 0 Å². The minimum atomic E-state index is 0.320. The lowest BCUT2D eigenvalue weighted by Crippen LogP contribution is -2.35. The summed E-state index contributed by atoms with van der Waals surface area (Å²) in [5.74, 6) is 1.85. The summed E-state index contributed by atoms with van der Waals surface area (Å²) in [5.41, 5.74) is 0. The van der Waals surface area contributed by atoms with Crippen LogP contribution in [-0.4, -0.2) is 18.1 Å². The van der Waals surface area contributed by atoms with Crippen molar-refractivity contribution in [3.63, 3.8) is 0 Å². The molecule has 0 amide bonds. The number of alkyl halides is 1. The molecule has 3 unspecified atom stereocenters. The molecule has 0 aromatic heterocycles. The Labute approximate surface area is 93.2 Å². The van der Waals surface area contributed by atoms with Crippen molar-refractivity contribution in [3.8, 4) is 0 Å². The molecule has 1 heterocycles. The maximum absolute atomic E-state index is 6.41. The number of ether oxygens (including phenoxy) is 1. The Hall–Kier alpha value is 0.250. The van der Waals surface area contributed by atoms with Gasteiger partial charge in [-0.05, 0) is 30.6 Å². The van der Waals surface area contributed by atoms with E-state index in [9.17, 15) is 0 Å². The molecule has 0 aromatic rings. The summed E-state index contributed by atoms with van der Waals surface area (Å²) in [4.78, 5) is 0. The van der Waals surface area contributed by atoms with Crippen molar-refractivity contribution >= 4 is 11.6 Å². The quantitative estimate of drug-likeness (QED) is 0.657. The van der Waals surface area contributed by atoms with Crippen LogP contribution in [0.5, 0.6) is 0 Å². The highest BCUT2D eigenvalue weighted by Gasteiger charge is 2.30. The summed E-state index contributed by atoms with van der Waals surface area (Å²) in [5, 5.41) is 0.320. The average molecular weight is 219 g/mol. The van der Waals surface area contributed by atoms with Gasteiger partial charge in [0.15, 0.2) is 0 Å². The summed E-state index contributed by atoms with van der Waals surface area (Å²) in [6, 6.07) is 0. The van der Waals surface area contributed by atoms with E-state index in [0.29, 0.717) is 29.2 Å². The van der Waals surface area contributed by atoms with Gasteiger partial charge in [0.1, 0.15) is 0 Å². The fourth-order valence-electron chi connectivity index (χ4n) is 2.15. The number of hydrogen-bond acceptors (Lipinski definition) is 1. The highest BCUT2D eigenvalue weighted by atomic mass is 35.5. The van der Waals surface area contributed by atoms with Gasteiger partial charge in [0.25, 0.3) is 0 Å². The third kappa shape index (κ3) is 3.13. The van der Waals surface area contributed by atoms with Crippen molar-refractivity contribution in [2.45, 2.75) is 52.0 Å². The molecule has 3 atom stereocenters. The predicted molar refractivity (Wildman–Crippen MR) is 61.8 cm³/mol. The molecule has 0 bridgehead atoms. The van der Waals surface area contributed by atoms with Crippen LogP contribution < -0.4 is 0 Å². The molecule has 1 fully saturated rings. The molecule has 0 radical (unpaired) electrons. The zero-order valence-corrected chi connectivity index (χ0v) is 10.6. The highest BCUT2D eigenvalue weighted by Crippen LogP contribution is 2.32. The van der Waals surface area contributed by atoms with Crippen LogP contribution in [0.25, 0.3) is 0 Å². The van der Waals surface area contributed by atoms with Gasteiger partial charge < -0.3 is 4.74 Å². The van der Waals surface area contributed by atoms with Crippen LogP contribution in [0.3, 0.4) is 0 Å². The van der Waals surface area contributed by atoms with E-state index in [1.165, 1.54) is 0 Å². The van der Waals surface area contributed by atoms with Gasteiger partial charge >= 0.3 is 0 Å². The molecule has 84 valence electrons. The molecule has 1 nitrogen and oxygen atoms in total. The van der Waals surface area contributed by atoms with Crippen LogP contribution in [-0.2, 0) is 4.74 Å². The third-order valence-electron chi connectivity index (χ3n) is 3.19. The molecule has 0 N–H and O–H groups in total. The first-order chi connectivity index (χ1) is 6.52. The van der Waals surface area contributed by atoms with Crippen molar-refractivity contribution in [2.75, 3.05) is 6.61 Å². The minimum absolute atomic E-state index is 0.320. The van der Waals surface area contributed by atoms with E-state index in [1.807, 2.05) is 0 Å². The van der Waals surface area contributed by atoms with Gasteiger partial charge in [-0.1, -0.05) is 27.7 Å². The lowest BCUT2D eigenvalue weighted by Gasteiger charge is -2.35. The Morgan fingerprint density at radius 3 is 2.36 bits per heavy atom. The fraction of sp³-hybridized carbons (Fsp3) is 1.00. The lowest BCUT2D eigenvalue weighted by molar-refractivity contribution is -0.0364. The molecule has 1 aliphatic rings. The molecule has 0 saturated carbocycles. The van der Waals surface area contributed by atoms with Crippen LogP contribution in [0.4, 0.5) is 0 Å². The smallest absolute Gasteiger partial charge is 0.0601 e. The van der Waals surface area contributed by atoms with Gasteiger partial charge in [0.05, 0.1) is 6.10 Å². The second-order valence-electron chi connectivity index (χ2n) is 5.13. The van der Waals surface area contributed by atoms with Gasteiger partial charge in [-0.15, -0.1) is 11.6 Å². The van der Waals surface area contributed by atoms with Crippen LogP contribution in [0, 0.1) is 17.8 Å². The molecule has 1 saturated heterocycles. The SMILES string of the molecule is CC(C)C1CC(C(Cl)C(C)C)CCO1. The van der Waals surface area contributed by atoms with Crippen LogP contribution >= 0.6 is 11.6 Å². The van der Waals surface area contributed by atoms with E-state index in [2.05, 4.69) is 27.7 Å². The number of halogens is 1. The van der Waals surface area contributed by atoms with Crippen LogP contribution in [0.15, 0.2) is 0 Å². The molecule has 1 aliphatic heterocycles. The maximum Gasteiger partial charge on any atom is 0.0601 e. The average Bonchev–Trinajstić information content (AvgIpc) is 2.16. The summed E-state index contributed by atoms with van der Waals surface area (Å²) in [6.07, 6.45) is 2.70. The topological polar surface area (TPSA) is 9.23 Å². The Morgan fingerprint density at radius 1 is 1.21 bits per heavy atom. The van der Waals surface area contributed by atoms with E-state index in [0.717, 1.165) is 19.4 Å². The Bertz CT molecular complexity index is 162. The fourth-order valence-corrected chi connectivity index (χ4v) is 2.38. The number of hydrogen-bond donors (Lipinski definition) is 0. The van der Waals surface area contributed by atoms with Crippen LogP contribution in [0.2, 0.25) is 0 Å².